The fraction of sp³-hybridized carbons (Fsp3) is 0.400. The second-order valence-corrected chi connectivity index (χ2v) is 6.84. The number of fused-ring (bicyclic) bond motifs is 1. The molecule has 0 saturated carbocycles. The number of benzene rings is 1. The molecule has 1 fully saturated rings. The van der Waals surface area contributed by atoms with Crippen LogP contribution in [0.3, 0.4) is 0 Å². The highest BCUT2D eigenvalue weighted by atomic mass is 16.6. The molecule has 1 amide bonds. The average molecular weight is 401 g/mol. The molecule has 29 heavy (non-hydrogen) atoms. The summed E-state index contributed by atoms with van der Waals surface area (Å²) in [6.45, 7) is 0.601. The third-order valence-electron chi connectivity index (χ3n) is 4.89. The molecule has 9 heteroatoms. The molecule has 1 aromatic carbocycles. The molecule has 3 unspecified atom stereocenters. The largest absolute Gasteiger partial charge is 0.480 e. The molecule has 2 aromatic rings. The van der Waals surface area contributed by atoms with Crippen LogP contribution in [0.2, 0.25) is 0 Å². The first-order chi connectivity index (χ1) is 14.2. The van der Waals surface area contributed by atoms with Crippen molar-refractivity contribution in [3.63, 3.8) is 0 Å². The van der Waals surface area contributed by atoms with Gasteiger partial charge >= 0.3 is 0 Å². The Morgan fingerprint density at radius 1 is 1.24 bits per heavy atom. The molecule has 3 atom stereocenters. The van der Waals surface area contributed by atoms with E-state index < -0.39 is 18.6 Å². The van der Waals surface area contributed by atoms with Crippen LogP contribution in [0.4, 0.5) is 11.6 Å². The van der Waals surface area contributed by atoms with Gasteiger partial charge in [-0.2, -0.15) is 0 Å². The SMILES string of the molecule is O=C1COc2ccc(N3C(O)OC(CCOCc4ccccc4)C3CO)nc2N1. The van der Waals surface area contributed by atoms with Crippen LogP contribution in [0.25, 0.3) is 0 Å². The van der Waals surface area contributed by atoms with Crippen molar-refractivity contribution in [2.75, 3.05) is 30.0 Å². The number of carbonyl (C=O) groups excluding carboxylic acids is 1. The molecule has 1 saturated heterocycles. The number of anilines is 2. The fourth-order valence-electron chi connectivity index (χ4n) is 3.47. The summed E-state index contributed by atoms with van der Waals surface area (Å²) in [4.78, 5) is 17.4. The van der Waals surface area contributed by atoms with Gasteiger partial charge in [-0.1, -0.05) is 30.3 Å². The zero-order valence-electron chi connectivity index (χ0n) is 15.7. The monoisotopic (exact) mass is 401 g/mol. The van der Waals surface area contributed by atoms with E-state index >= 15 is 0 Å². The Balaban J connectivity index is 1.39. The molecule has 2 aliphatic heterocycles. The summed E-state index contributed by atoms with van der Waals surface area (Å²) in [5, 5.41) is 22.9. The van der Waals surface area contributed by atoms with E-state index in [4.69, 9.17) is 14.2 Å². The molecule has 0 radical (unpaired) electrons. The number of nitrogens with zero attached hydrogens (tertiary/aromatic N) is 2. The van der Waals surface area contributed by atoms with E-state index in [9.17, 15) is 15.0 Å². The van der Waals surface area contributed by atoms with E-state index in [0.717, 1.165) is 5.56 Å². The van der Waals surface area contributed by atoms with Crippen LogP contribution in [-0.2, 0) is 20.9 Å². The molecule has 4 rings (SSSR count). The summed E-state index contributed by atoms with van der Waals surface area (Å²) in [7, 11) is 0. The number of carbonyl (C=O) groups is 1. The molecule has 0 aliphatic carbocycles. The summed E-state index contributed by atoms with van der Waals surface area (Å²) in [5.41, 5.74) is 1.07. The maximum absolute atomic E-state index is 11.5. The van der Waals surface area contributed by atoms with E-state index in [1.165, 1.54) is 4.90 Å². The first-order valence-corrected chi connectivity index (χ1v) is 9.44. The number of aromatic nitrogens is 1. The lowest BCUT2D eigenvalue weighted by molar-refractivity contribution is -0.118. The van der Waals surface area contributed by atoms with E-state index in [-0.39, 0.29) is 24.9 Å². The van der Waals surface area contributed by atoms with Gasteiger partial charge in [0.15, 0.2) is 18.2 Å². The standard InChI is InChI=1S/C20H23N3O6/c24-10-14-15(8-9-27-11-13-4-2-1-3-5-13)29-20(26)23(14)17-7-6-16-19(21-17)22-18(25)12-28-16/h1-7,14-15,20,24,26H,8-12H2,(H,21,22,25). The van der Waals surface area contributed by atoms with Crippen LogP contribution in [-0.4, -0.2) is 59.5 Å². The van der Waals surface area contributed by atoms with E-state index in [1.807, 2.05) is 30.3 Å². The van der Waals surface area contributed by atoms with Gasteiger partial charge in [-0.05, 0) is 24.1 Å². The van der Waals surface area contributed by atoms with Gasteiger partial charge in [0.25, 0.3) is 5.91 Å². The summed E-state index contributed by atoms with van der Waals surface area (Å²) in [6, 6.07) is 12.6. The van der Waals surface area contributed by atoms with Crippen molar-refractivity contribution in [3.8, 4) is 5.75 Å². The smallest absolute Gasteiger partial charge is 0.263 e. The number of aliphatic hydroxyl groups is 2. The molecule has 154 valence electrons. The normalized spacial score (nSPS) is 23.4. The predicted molar refractivity (Wildman–Crippen MR) is 103 cm³/mol. The van der Waals surface area contributed by atoms with Gasteiger partial charge in [0, 0.05) is 6.61 Å². The Morgan fingerprint density at radius 3 is 2.86 bits per heavy atom. The first-order valence-electron chi connectivity index (χ1n) is 9.44. The van der Waals surface area contributed by atoms with Gasteiger partial charge < -0.3 is 34.6 Å². The average Bonchev–Trinajstić information content (AvgIpc) is 3.06. The molecule has 1 aromatic heterocycles. The zero-order valence-corrected chi connectivity index (χ0v) is 15.7. The van der Waals surface area contributed by atoms with Gasteiger partial charge in [-0.25, -0.2) is 4.98 Å². The van der Waals surface area contributed by atoms with Crippen LogP contribution in [0, 0.1) is 0 Å². The number of hydrogen-bond donors (Lipinski definition) is 3. The van der Waals surface area contributed by atoms with Gasteiger partial charge in [-0.3, -0.25) is 4.79 Å². The van der Waals surface area contributed by atoms with Crippen molar-refractivity contribution in [2.24, 2.45) is 0 Å². The van der Waals surface area contributed by atoms with Crippen molar-refractivity contribution in [3.05, 3.63) is 48.0 Å². The van der Waals surface area contributed by atoms with Crippen molar-refractivity contribution in [2.45, 2.75) is 31.6 Å². The van der Waals surface area contributed by atoms with E-state index in [2.05, 4.69) is 10.3 Å². The second kappa shape index (κ2) is 8.75. The maximum atomic E-state index is 11.5. The summed E-state index contributed by atoms with van der Waals surface area (Å²) in [6.07, 6.45) is -1.21. The Bertz CT molecular complexity index is 849. The van der Waals surface area contributed by atoms with Crippen LogP contribution in [0.5, 0.6) is 5.75 Å². The van der Waals surface area contributed by atoms with E-state index in [0.29, 0.717) is 31.2 Å². The van der Waals surface area contributed by atoms with Crippen LogP contribution < -0.4 is 15.0 Å². The molecule has 0 spiro atoms. The lowest BCUT2D eigenvalue weighted by Gasteiger charge is -2.27. The lowest BCUT2D eigenvalue weighted by Crippen LogP contribution is -2.42. The fourth-order valence-corrected chi connectivity index (χ4v) is 3.47. The van der Waals surface area contributed by atoms with Crippen LogP contribution in [0.15, 0.2) is 42.5 Å². The van der Waals surface area contributed by atoms with Crippen LogP contribution in [0.1, 0.15) is 12.0 Å². The third-order valence-corrected chi connectivity index (χ3v) is 4.89. The first kappa shape index (κ1) is 19.6. The second-order valence-electron chi connectivity index (χ2n) is 6.84. The summed E-state index contributed by atoms with van der Waals surface area (Å²) in [5.74, 6) is 0.799. The Morgan fingerprint density at radius 2 is 2.07 bits per heavy atom. The van der Waals surface area contributed by atoms with Crippen molar-refractivity contribution >= 4 is 17.5 Å². The van der Waals surface area contributed by atoms with Gasteiger partial charge in [0.2, 0.25) is 6.41 Å². The highest BCUT2D eigenvalue weighted by Gasteiger charge is 2.42. The summed E-state index contributed by atoms with van der Waals surface area (Å²) >= 11 is 0. The number of pyridine rings is 1. The van der Waals surface area contributed by atoms with Crippen molar-refractivity contribution < 1.29 is 29.2 Å². The topological polar surface area (TPSA) is 113 Å². The van der Waals surface area contributed by atoms with Crippen molar-refractivity contribution in [1.82, 2.24) is 4.98 Å². The van der Waals surface area contributed by atoms with Gasteiger partial charge in [-0.15, -0.1) is 0 Å². The number of rotatable bonds is 7. The number of hydrogen-bond acceptors (Lipinski definition) is 8. The minimum atomic E-state index is -1.27. The molecule has 3 heterocycles. The Kier molecular flexibility index (Phi) is 5.91. The van der Waals surface area contributed by atoms with Crippen molar-refractivity contribution in [1.29, 1.82) is 0 Å². The number of ether oxygens (including phenoxy) is 3. The Labute approximate surface area is 167 Å². The molecule has 9 nitrogen and oxygen atoms in total. The highest BCUT2D eigenvalue weighted by Crippen LogP contribution is 2.33. The number of amides is 1. The molecule has 2 aliphatic rings. The predicted octanol–water partition coefficient (Wildman–Crippen LogP) is 0.861. The third kappa shape index (κ3) is 4.33. The number of nitrogens with one attached hydrogen (secondary N) is 1. The minimum Gasteiger partial charge on any atom is -0.480 e. The molecular formula is C20H23N3O6. The Hall–Kier alpha value is -2.72. The molecule has 0 bridgehead atoms. The lowest BCUT2D eigenvalue weighted by atomic mass is 10.1. The van der Waals surface area contributed by atoms with E-state index in [1.54, 1.807) is 12.1 Å². The quantitative estimate of drug-likeness (QED) is 0.586. The van der Waals surface area contributed by atoms with Gasteiger partial charge in [0.05, 0.1) is 25.4 Å². The van der Waals surface area contributed by atoms with Gasteiger partial charge in [0.1, 0.15) is 5.82 Å². The summed E-state index contributed by atoms with van der Waals surface area (Å²) < 4.78 is 16.6. The maximum Gasteiger partial charge on any atom is 0.263 e. The molecule has 3 N–H and O–H groups in total. The molecular weight excluding hydrogens is 378 g/mol. The zero-order chi connectivity index (χ0) is 20.2. The minimum absolute atomic E-state index is 0.0617. The van der Waals surface area contributed by atoms with Crippen LogP contribution >= 0.6 is 0 Å². The number of aliphatic hydroxyl groups excluding tert-OH is 2. The highest BCUT2D eigenvalue weighted by molar-refractivity contribution is 5.94.